The summed E-state index contributed by atoms with van der Waals surface area (Å²) in [7, 11) is 2.11. The van der Waals surface area contributed by atoms with E-state index in [1.807, 2.05) is 18.2 Å². The summed E-state index contributed by atoms with van der Waals surface area (Å²) in [6.07, 6.45) is 0. The molecule has 0 aromatic heterocycles. The van der Waals surface area contributed by atoms with Gasteiger partial charge in [0.05, 0.1) is 0 Å². The maximum absolute atomic E-state index is 6.06. The van der Waals surface area contributed by atoms with E-state index in [0.717, 1.165) is 29.1 Å². The van der Waals surface area contributed by atoms with Crippen LogP contribution in [0.3, 0.4) is 0 Å². The number of hydrogen-bond acceptors (Lipinski definition) is 2. The summed E-state index contributed by atoms with van der Waals surface area (Å²) in [5, 5.41) is 4.17. The monoisotopic (exact) mass is 366 g/mol. The first-order chi connectivity index (χ1) is 10.1. The van der Waals surface area contributed by atoms with Gasteiger partial charge in [0.15, 0.2) is 0 Å². The summed E-state index contributed by atoms with van der Waals surface area (Å²) in [5.41, 5.74) is 3.73. The number of anilines is 1. The van der Waals surface area contributed by atoms with Crippen LogP contribution in [0, 0.1) is 0 Å². The molecule has 0 aliphatic heterocycles. The SMILES string of the molecule is CCNCc1ccc(Br)cc1N(C)Cc1cccc(Cl)c1. The lowest BCUT2D eigenvalue weighted by atomic mass is 10.1. The van der Waals surface area contributed by atoms with E-state index in [2.05, 4.69) is 64.4 Å². The fourth-order valence-corrected chi connectivity index (χ4v) is 2.86. The molecule has 0 radical (unpaired) electrons. The first kappa shape index (κ1) is 16.3. The molecule has 0 aliphatic rings. The van der Waals surface area contributed by atoms with Gasteiger partial charge in [0.25, 0.3) is 0 Å². The summed E-state index contributed by atoms with van der Waals surface area (Å²) < 4.78 is 1.09. The molecule has 2 rings (SSSR count). The van der Waals surface area contributed by atoms with Gasteiger partial charge < -0.3 is 10.2 Å². The van der Waals surface area contributed by atoms with Gasteiger partial charge in [-0.05, 0) is 41.9 Å². The van der Waals surface area contributed by atoms with Crippen LogP contribution in [0.15, 0.2) is 46.9 Å². The van der Waals surface area contributed by atoms with E-state index in [0.29, 0.717) is 0 Å². The van der Waals surface area contributed by atoms with Gasteiger partial charge in [0.1, 0.15) is 0 Å². The predicted molar refractivity (Wildman–Crippen MR) is 95.1 cm³/mol. The van der Waals surface area contributed by atoms with Gasteiger partial charge in [0.2, 0.25) is 0 Å². The van der Waals surface area contributed by atoms with Crippen molar-refractivity contribution in [3.8, 4) is 0 Å². The van der Waals surface area contributed by atoms with Crippen molar-refractivity contribution >= 4 is 33.2 Å². The zero-order valence-corrected chi connectivity index (χ0v) is 14.7. The molecule has 2 nitrogen and oxygen atoms in total. The number of hydrogen-bond donors (Lipinski definition) is 1. The highest BCUT2D eigenvalue weighted by atomic mass is 79.9. The molecule has 0 fully saturated rings. The first-order valence-corrected chi connectivity index (χ1v) is 8.22. The Bertz CT molecular complexity index is 601. The summed E-state index contributed by atoms with van der Waals surface area (Å²) in [6, 6.07) is 14.4. The predicted octanol–water partition coefficient (Wildman–Crippen LogP) is 4.85. The third-order valence-electron chi connectivity index (χ3n) is 3.33. The highest BCUT2D eigenvalue weighted by molar-refractivity contribution is 9.10. The Balaban J connectivity index is 2.20. The maximum atomic E-state index is 6.06. The smallest absolute Gasteiger partial charge is 0.0426 e. The molecule has 1 N–H and O–H groups in total. The molecule has 0 spiro atoms. The maximum Gasteiger partial charge on any atom is 0.0426 e. The summed E-state index contributed by atoms with van der Waals surface area (Å²) in [4.78, 5) is 2.25. The third kappa shape index (κ3) is 4.73. The van der Waals surface area contributed by atoms with Crippen LogP contribution in [-0.2, 0) is 13.1 Å². The first-order valence-electron chi connectivity index (χ1n) is 7.05. The average molecular weight is 368 g/mol. The fraction of sp³-hybridized carbons (Fsp3) is 0.294. The van der Waals surface area contributed by atoms with Crippen molar-refractivity contribution in [2.24, 2.45) is 0 Å². The highest BCUT2D eigenvalue weighted by Crippen LogP contribution is 2.26. The Morgan fingerprint density at radius 1 is 1.19 bits per heavy atom. The third-order valence-corrected chi connectivity index (χ3v) is 4.06. The molecule has 0 saturated heterocycles. The lowest BCUT2D eigenvalue weighted by Gasteiger charge is -2.23. The van der Waals surface area contributed by atoms with Crippen LogP contribution in [0.2, 0.25) is 5.02 Å². The molecule has 0 bridgehead atoms. The van der Waals surface area contributed by atoms with Gasteiger partial charge in [-0.25, -0.2) is 0 Å². The highest BCUT2D eigenvalue weighted by Gasteiger charge is 2.09. The van der Waals surface area contributed by atoms with Gasteiger partial charge in [-0.3, -0.25) is 0 Å². The molecule has 0 amide bonds. The van der Waals surface area contributed by atoms with Crippen LogP contribution in [0.5, 0.6) is 0 Å². The van der Waals surface area contributed by atoms with E-state index in [1.54, 1.807) is 0 Å². The average Bonchev–Trinajstić information content (AvgIpc) is 2.46. The summed E-state index contributed by atoms with van der Waals surface area (Å²) in [6.45, 7) is 4.79. The van der Waals surface area contributed by atoms with Crippen LogP contribution in [-0.4, -0.2) is 13.6 Å². The van der Waals surface area contributed by atoms with E-state index in [1.165, 1.54) is 16.8 Å². The lowest BCUT2D eigenvalue weighted by molar-refractivity contribution is 0.723. The number of benzene rings is 2. The van der Waals surface area contributed by atoms with Gasteiger partial charge in [-0.2, -0.15) is 0 Å². The normalized spacial score (nSPS) is 10.7. The summed E-state index contributed by atoms with van der Waals surface area (Å²) >= 11 is 9.62. The van der Waals surface area contributed by atoms with E-state index in [9.17, 15) is 0 Å². The standard InChI is InChI=1S/C17H20BrClN2/c1-3-20-11-14-7-8-15(18)10-17(14)21(2)12-13-5-4-6-16(19)9-13/h4-10,20H,3,11-12H2,1-2H3. The molecule has 0 saturated carbocycles. The van der Waals surface area contributed by atoms with E-state index in [-0.39, 0.29) is 0 Å². The Hall–Kier alpha value is -1.03. The molecule has 112 valence electrons. The Morgan fingerprint density at radius 3 is 2.71 bits per heavy atom. The van der Waals surface area contributed by atoms with Gasteiger partial charge in [0, 0.05) is 35.3 Å². The minimum Gasteiger partial charge on any atom is -0.370 e. The van der Waals surface area contributed by atoms with Crippen LogP contribution in [0.4, 0.5) is 5.69 Å². The quantitative estimate of drug-likeness (QED) is 0.785. The number of nitrogens with zero attached hydrogens (tertiary/aromatic N) is 1. The molecule has 0 heterocycles. The van der Waals surface area contributed by atoms with E-state index >= 15 is 0 Å². The van der Waals surface area contributed by atoms with Crippen LogP contribution in [0.1, 0.15) is 18.1 Å². The lowest BCUT2D eigenvalue weighted by Crippen LogP contribution is -2.20. The Labute approximate surface area is 140 Å². The van der Waals surface area contributed by atoms with Crippen molar-refractivity contribution in [2.45, 2.75) is 20.0 Å². The second kappa shape index (κ2) is 7.83. The summed E-state index contributed by atoms with van der Waals surface area (Å²) in [5.74, 6) is 0. The number of nitrogens with one attached hydrogen (secondary N) is 1. The molecule has 2 aromatic rings. The largest absolute Gasteiger partial charge is 0.370 e. The van der Waals surface area contributed by atoms with Crippen molar-refractivity contribution in [3.05, 3.63) is 63.1 Å². The molecular weight excluding hydrogens is 348 g/mol. The van der Waals surface area contributed by atoms with E-state index in [4.69, 9.17) is 11.6 Å². The molecule has 4 heteroatoms. The second-order valence-electron chi connectivity index (χ2n) is 5.04. The Kier molecular flexibility index (Phi) is 6.09. The molecule has 21 heavy (non-hydrogen) atoms. The van der Waals surface area contributed by atoms with Crippen LogP contribution >= 0.6 is 27.5 Å². The van der Waals surface area contributed by atoms with Crippen molar-refractivity contribution in [1.82, 2.24) is 5.32 Å². The van der Waals surface area contributed by atoms with Crippen molar-refractivity contribution in [2.75, 3.05) is 18.5 Å². The van der Waals surface area contributed by atoms with Crippen LogP contribution in [0.25, 0.3) is 0 Å². The zero-order valence-electron chi connectivity index (χ0n) is 12.4. The molecule has 0 unspecified atom stereocenters. The van der Waals surface area contributed by atoms with E-state index < -0.39 is 0 Å². The fourth-order valence-electron chi connectivity index (χ4n) is 2.30. The molecule has 2 aromatic carbocycles. The number of rotatable bonds is 6. The van der Waals surface area contributed by atoms with Gasteiger partial charge in [-0.1, -0.05) is 52.7 Å². The van der Waals surface area contributed by atoms with Gasteiger partial charge >= 0.3 is 0 Å². The van der Waals surface area contributed by atoms with Crippen molar-refractivity contribution in [3.63, 3.8) is 0 Å². The van der Waals surface area contributed by atoms with Crippen LogP contribution < -0.4 is 10.2 Å². The molecule has 0 aliphatic carbocycles. The zero-order chi connectivity index (χ0) is 15.2. The topological polar surface area (TPSA) is 15.3 Å². The molecule has 0 atom stereocenters. The number of halogens is 2. The molecular formula is C17H20BrClN2. The second-order valence-corrected chi connectivity index (χ2v) is 6.39. The van der Waals surface area contributed by atoms with Crippen molar-refractivity contribution < 1.29 is 0 Å². The Morgan fingerprint density at radius 2 is 2.00 bits per heavy atom. The van der Waals surface area contributed by atoms with Crippen molar-refractivity contribution in [1.29, 1.82) is 0 Å². The van der Waals surface area contributed by atoms with Gasteiger partial charge in [-0.15, -0.1) is 0 Å². The minimum absolute atomic E-state index is 0.781. The minimum atomic E-state index is 0.781.